The Morgan fingerprint density at radius 2 is 2.28 bits per heavy atom. The molecule has 1 aromatic carbocycles. The molecule has 0 spiro atoms. The largest absolute Gasteiger partial charge is 0.369 e. The van der Waals surface area contributed by atoms with E-state index in [4.69, 9.17) is 5.73 Å². The third kappa shape index (κ3) is 1.86. The van der Waals surface area contributed by atoms with Gasteiger partial charge >= 0.3 is 0 Å². The van der Waals surface area contributed by atoms with E-state index >= 15 is 0 Å². The van der Waals surface area contributed by atoms with Gasteiger partial charge in [0.25, 0.3) is 0 Å². The first-order valence-corrected chi connectivity index (χ1v) is 6.57. The van der Waals surface area contributed by atoms with Gasteiger partial charge < -0.3 is 10.6 Å². The van der Waals surface area contributed by atoms with Crippen LogP contribution in [0.25, 0.3) is 0 Å². The zero-order chi connectivity index (χ0) is 12.5. The fourth-order valence-corrected chi connectivity index (χ4v) is 2.86. The molecule has 0 fully saturated rings. The Balaban J connectivity index is 1.99. The molecule has 92 valence electrons. The smallest absolute Gasteiger partial charge is 0.196 e. The zero-order valence-corrected chi connectivity index (χ0v) is 10.4. The van der Waals surface area contributed by atoms with E-state index in [0.29, 0.717) is 12.5 Å². The van der Waals surface area contributed by atoms with Crippen LogP contribution in [0.15, 0.2) is 46.1 Å². The van der Waals surface area contributed by atoms with Crippen LogP contribution in [0.2, 0.25) is 0 Å². The standard InChI is InChI=1S/C13H12FN3S/c14-10-2-1-3-11(6-10)17-12(7-16-13(17)15)9-4-5-18-8-9/h1-6,8,12H,7H2,(H2,15,16). The molecule has 0 bridgehead atoms. The van der Waals surface area contributed by atoms with Crippen LogP contribution in [-0.4, -0.2) is 12.5 Å². The summed E-state index contributed by atoms with van der Waals surface area (Å²) in [7, 11) is 0. The Labute approximate surface area is 108 Å². The molecule has 3 rings (SSSR count). The Kier molecular flexibility index (Phi) is 2.76. The van der Waals surface area contributed by atoms with Crippen LogP contribution >= 0.6 is 11.3 Å². The van der Waals surface area contributed by atoms with Crippen molar-refractivity contribution in [3.05, 3.63) is 52.5 Å². The zero-order valence-electron chi connectivity index (χ0n) is 9.58. The third-order valence-corrected chi connectivity index (χ3v) is 3.70. The number of aliphatic imine (C=N–C) groups is 1. The van der Waals surface area contributed by atoms with Crippen molar-refractivity contribution in [2.24, 2.45) is 10.7 Å². The topological polar surface area (TPSA) is 41.6 Å². The first-order valence-electron chi connectivity index (χ1n) is 5.62. The maximum absolute atomic E-state index is 13.3. The third-order valence-electron chi connectivity index (χ3n) is 3.00. The molecule has 0 radical (unpaired) electrons. The van der Waals surface area contributed by atoms with Crippen molar-refractivity contribution in [1.29, 1.82) is 0 Å². The van der Waals surface area contributed by atoms with E-state index in [2.05, 4.69) is 16.4 Å². The summed E-state index contributed by atoms with van der Waals surface area (Å²) in [5.74, 6) is 0.174. The molecule has 1 aliphatic heterocycles. The maximum atomic E-state index is 13.3. The van der Waals surface area contributed by atoms with Gasteiger partial charge in [0, 0.05) is 5.69 Å². The van der Waals surface area contributed by atoms with Gasteiger partial charge in [0.2, 0.25) is 0 Å². The molecule has 1 atom stereocenters. The average Bonchev–Trinajstić information content (AvgIpc) is 2.97. The highest BCUT2D eigenvalue weighted by Crippen LogP contribution is 2.32. The van der Waals surface area contributed by atoms with Crippen LogP contribution in [0.1, 0.15) is 11.6 Å². The van der Waals surface area contributed by atoms with E-state index in [-0.39, 0.29) is 11.9 Å². The number of hydrogen-bond acceptors (Lipinski definition) is 4. The fourth-order valence-electron chi connectivity index (χ4n) is 2.15. The summed E-state index contributed by atoms with van der Waals surface area (Å²) >= 11 is 1.64. The Morgan fingerprint density at radius 3 is 3.00 bits per heavy atom. The predicted molar refractivity (Wildman–Crippen MR) is 72.4 cm³/mol. The summed E-state index contributed by atoms with van der Waals surface area (Å²) in [5.41, 5.74) is 7.82. The van der Waals surface area contributed by atoms with E-state index < -0.39 is 0 Å². The van der Waals surface area contributed by atoms with Crippen molar-refractivity contribution in [1.82, 2.24) is 0 Å². The molecule has 5 heteroatoms. The molecule has 18 heavy (non-hydrogen) atoms. The molecule has 0 saturated carbocycles. The monoisotopic (exact) mass is 261 g/mol. The van der Waals surface area contributed by atoms with Crippen LogP contribution in [-0.2, 0) is 0 Å². The first kappa shape index (κ1) is 11.2. The number of nitrogens with zero attached hydrogens (tertiary/aromatic N) is 2. The van der Waals surface area contributed by atoms with Gasteiger partial charge in [0.15, 0.2) is 5.96 Å². The van der Waals surface area contributed by atoms with E-state index in [0.717, 1.165) is 11.3 Å². The van der Waals surface area contributed by atoms with Gasteiger partial charge in [0.1, 0.15) is 5.82 Å². The van der Waals surface area contributed by atoms with Crippen molar-refractivity contribution in [3.63, 3.8) is 0 Å². The lowest BCUT2D eigenvalue weighted by atomic mass is 10.1. The minimum atomic E-state index is -0.267. The highest BCUT2D eigenvalue weighted by atomic mass is 32.1. The molecule has 0 saturated heterocycles. The lowest BCUT2D eigenvalue weighted by molar-refractivity contribution is 0.627. The fraction of sp³-hybridized carbons (Fsp3) is 0.154. The van der Waals surface area contributed by atoms with E-state index in [9.17, 15) is 4.39 Å². The van der Waals surface area contributed by atoms with Gasteiger partial charge in [-0.2, -0.15) is 11.3 Å². The lowest BCUT2D eigenvalue weighted by Crippen LogP contribution is -2.36. The Hall–Kier alpha value is -1.88. The molecule has 2 heterocycles. The molecule has 3 nitrogen and oxygen atoms in total. The summed E-state index contributed by atoms with van der Waals surface area (Å²) < 4.78 is 13.3. The van der Waals surface area contributed by atoms with E-state index in [1.807, 2.05) is 16.3 Å². The summed E-state index contributed by atoms with van der Waals surface area (Å²) in [6.45, 7) is 0.610. The summed E-state index contributed by atoms with van der Waals surface area (Å²) in [5, 5.41) is 4.10. The van der Waals surface area contributed by atoms with E-state index in [1.165, 1.54) is 12.1 Å². The predicted octanol–water partition coefficient (Wildman–Crippen LogP) is 2.76. The van der Waals surface area contributed by atoms with E-state index in [1.54, 1.807) is 17.4 Å². The molecular weight excluding hydrogens is 249 g/mol. The molecule has 2 aromatic rings. The van der Waals surface area contributed by atoms with Crippen LogP contribution in [0.5, 0.6) is 0 Å². The second kappa shape index (κ2) is 4.42. The molecule has 1 unspecified atom stereocenters. The number of rotatable bonds is 2. The average molecular weight is 261 g/mol. The Bertz CT molecular complexity index is 580. The quantitative estimate of drug-likeness (QED) is 0.903. The molecule has 1 aliphatic rings. The minimum absolute atomic E-state index is 0.0676. The number of thiophene rings is 1. The number of guanidine groups is 1. The normalized spacial score (nSPS) is 19.1. The second-order valence-electron chi connectivity index (χ2n) is 4.12. The number of anilines is 1. The highest BCUT2D eigenvalue weighted by molar-refractivity contribution is 7.08. The molecule has 0 aliphatic carbocycles. The first-order chi connectivity index (χ1) is 8.75. The van der Waals surface area contributed by atoms with Crippen molar-refractivity contribution >= 4 is 23.0 Å². The lowest BCUT2D eigenvalue weighted by Gasteiger charge is -2.25. The van der Waals surface area contributed by atoms with Crippen molar-refractivity contribution in [3.8, 4) is 0 Å². The number of benzene rings is 1. The second-order valence-corrected chi connectivity index (χ2v) is 4.90. The maximum Gasteiger partial charge on any atom is 0.196 e. The Morgan fingerprint density at radius 1 is 1.39 bits per heavy atom. The van der Waals surface area contributed by atoms with Gasteiger partial charge in [0.05, 0.1) is 12.6 Å². The summed E-state index contributed by atoms with van der Waals surface area (Å²) in [6.07, 6.45) is 0. The van der Waals surface area contributed by atoms with Gasteiger partial charge in [-0.25, -0.2) is 4.39 Å². The number of nitrogens with two attached hydrogens (primary N) is 1. The molecule has 2 N–H and O–H groups in total. The summed E-state index contributed by atoms with van der Waals surface area (Å²) in [4.78, 5) is 6.14. The molecule has 1 aromatic heterocycles. The van der Waals surface area contributed by atoms with Crippen molar-refractivity contribution in [2.75, 3.05) is 11.4 Å². The van der Waals surface area contributed by atoms with Gasteiger partial charge in [-0.15, -0.1) is 0 Å². The SMILES string of the molecule is NC1=NCC(c2ccsc2)N1c1cccc(F)c1. The van der Waals surface area contributed by atoms with Crippen molar-refractivity contribution in [2.45, 2.75) is 6.04 Å². The van der Waals surface area contributed by atoms with Crippen LogP contribution in [0.3, 0.4) is 0 Å². The van der Waals surface area contributed by atoms with Gasteiger partial charge in [-0.1, -0.05) is 6.07 Å². The number of halogens is 1. The van der Waals surface area contributed by atoms with Crippen LogP contribution in [0.4, 0.5) is 10.1 Å². The summed E-state index contributed by atoms with van der Waals surface area (Å²) in [6, 6.07) is 8.55. The van der Waals surface area contributed by atoms with Gasteiger partial charge in [-0.3, -0.25) is 4.99 Å². The highest BCUT2D eigenvalue weighted by Gasteiger charge is 2.29. The van der Waals surface area contributed by atoms with Crippen LogP contribution in [0, 0.1) is 5.82 Å². The van der Waals surface area contributed by atoms with Gasteiger partial charge in [-0.05, 0) is 40.6 Å². The molecular formula is C13H12FN3S. The minimum Gasteiger partial charge on any atom is -0.369 e. The molecule has 0 amide bonds. The van der Waals surface area contributed by atoms with Crippen LogP contribution < -0.4 is 10.6 Å². The van der Waals surface area contributed by atoms with Crippen molar-refractivity contribution < 1.29 is 4.39 Å². The number of hydrogen-bond donors (Lipinski definition) is 1.